The number of carbonyl (C=O) groups is 1. The summed E-state index contributed by atoms with van der Waals surface area (Å²) in [6.45, 7) is 2.93. The summed E-state index contributed by atoms with van der Waals surface area (Å²) in [5, 5.41) is 3.41. The number of carbonyl (C=O) groups excluding carboxylic acids is 1. The van der Waals surface area contributed by atoms with E-state index in [1.54, 1.807) is 6.07 Å². The van der Waals surface area contributed by atoms with E-state index in [0.717, 1.165) is 31.4 Å². The average Bonchev–Trinajstić information content (AvgIpc) is 3.23. The first-order valence-corrected chi connectivity index (χ1v) is 8.01. The molecule has 1 aromatic rings. The molecule has 21 heavy (non-hydrogen) atoms. The molecule has 3 nitrogen and oxygen atoms in total. The lowest BCUT2D eigenvalue weighted by Gasteiger charge is -2.24. The highest BCUT2D eigenvalue weighted by Crippen LogP contribution is 2.35. The molecule has 2 fully saturated rings. The van der Waals surface area contributed by atoms with Crippen LogP contribution in [0.2, 0.25) is 0 Å². The van der Waals surface area contributed by atoms with Gasteiger partial charge in [-0.15, -0.1) is 0 Å². The molecule has 2 atom stereocenters. The normalized spacial score (nSPS) is 25.6. The lowest BCUT2D eigenvalue weighted by atomic mass is 10.1. The Morgan fingerprint density at radius 2 is 2.19 bits per heavy atom. The SMILES string of the molecule is CCCCC1NC(c2cccc(F)c2)N(CC2CC2)C1=O. The summed E-state index contributed by atoms with van der Waals surface area (Å²) in [5.41, 5.74) is 0.850. The molecule has 0 spiro atoms. The molecule has 1 saturated carbocycles. The van der Waals surface area contributed by atoms with Gasteiger partial charge in [0.25, 0.3) is 0 Å². The van der Waals surface area contributed by atoms with E-state index in [0.29, 0.717) is 5.92 Å². The maximum absolute atomic E-state index is 13.5. The monoisotopic (exact) mass is 290 g/mol. The highest BCUT2D eigenvalue weighted by atomic mass is 19.1. The van der Waals surface area contributed by atoms with Crippen molar-refractivity contribution in [2.75, 3.05) is 6.54 Å². The molecule has 2 unspecified atom stereocenters. The second-order valence-corrected chi connectivity index (χ2v) is 6.25. The molecule has 1 saturated heterocycles. The number of nitrogens with zero attached hydrogens (tertiary/aromatic N) is 1. The molecule has 1 aliphatic heterocycles. The van der Waals surface area contributed by atoms with Gasteiger partial charge < -0.3 is 4.90 Å². The van der Waals surface area contributed by atoms with Gasteiger partial charge in [0.1, 0.15) is 12.0 Å². The molecule has 1 heterocycles. The van der Waals surface area contributed by atoms with Crippen LogP contribution in [-0.4, -0.2) is 23.4 Å². The lowest BCUT2D eigenvalue weighted by Crippen LogP contribution is -2.32. The minimum atomic E-state index is -0.245. The second-order valence-electron chi connectivity index (χ2n) is 6.25. The first-order valence-electron chi connectivity index (χ1n) is 8.01. The predicted octanol–water partition coefficient (Wildman–Crippen LogP) is 3.22. The minimum absolute atomic E-state index is 0.114. The van der Waals surface area contributed by atoms with Gasteiger partial charge in [-0.05, 0) is 42.9 Å². The Hall–Kier alpha value is -1.42. The van der Waals surface area contributed by atoms with E-state index in [2.05, 4.69) is 12.2 Å². The molecule has 2 aliphatic rings. The lowest BCUT2D eigenvalue weighted by molar-refractivity contribution is -0.130. The standard InChI is InChI=1S/C17H23FN2O/c1-2-3-7-15-17(21)20(11-12-8-9-12)16(19-15)13-5-4-6-14(18)10-13/h4-6,10,12,15-16,19H,2-3,7-9,11H2,1H3. The third-order valence-electron chi connectivity index (χ3n) is 4.41. The van der Waals surface area contributed by atoms with Gasteiger partial charge in [0.05, 0.1) is 6.04 Å². The van der Waals surface area contributed by atoms with Crippen molar-refractivity contribution >= 4 is 5.91 Å². The van der Waals surface area contributed by atoms with E-state index in [1.807, 2.05) is 11.0 Å². The zero-order valence-electron chi connectivity index (χ0n) is 12.5. The van der Waals surface area contributed by atoms with Gasteiger partial charge in [-0.3, -0.25) is 10.1 Å². The number of amides is 1. The summed E-state index contributed by atoms with van der Waals surface area (Å²) in [4.78, 5) is 14.5. The zero-order chi connectivity index (χ0) is 14.8. The van der Waals surface area contributed by atoms with Crippen molar-refractivity contribution in [3.05, 3.63) is 35.6 Å². The third kappa shape index (κ3) is 3.26. The summed E-state index contributed by atoms with van der Waals surface area (Å²) < 4.78 is 13.5. The Kier molecular flexibility index (Phi) is 4.24. The minimum Gasteiger partial charge on any atom is -0.321 e. The van der Waals surface area contributed by atoms with Crippen LogP contribution in [0.3, 0.4) is 0 Å². The van der Waals surface area contributed by atoms with Crippen molar-refractivity contribution in [1.82, 2.24) is 10.2 Å². The molecule has 0 bridgehead atoms. The van der Waals surface area contributed by atoms with Crippen molar-refractivity contribution in [3.8, 4) is 0 Å². The van der Waals surface area contributed by atoms with Crippen molar-refractivity contribution in [2.24, 2.45) is 5.92 Å². The van der Waals surface area contributed by atoms with Crippen LogP contribution in [0.5, 0.6) is 0 Å². The van der Waals surface area contributed by atoms with Crippen molar-refractivity contribution < 1.29 is 9.18 Å². The molecular formula is C17H23FN2O. The Labute approximate surface area is 125 Å². The fourth-order valence-electron chi connectivity index (χ4n) is 3.02. The number of halogens is 1. The van der Waals surface area contributed by atoms with E-state index in [1.165, 1.54) is 25.0 Å². The van der Waals surface area contributed by atoms with Crippen LogP contribution in [-0.2, 0) is 4.79 Å². The van der Waals surface area contributed by atoms with Gasteiger partial charge in [-0.2, -0.15) is 0 Å². The first kappa shape index (κ1) is 14.5. The van der Waals surface area contributed by atoms with Crippen molar-refractivity contribution in [3.63, 3.8) is 0 Å². The van der Waals surface area contributed by atoms with Crippen LogP contribution in [0.15, 0.2) is 24.3 Å². The van der Waals surface area contributed by atoms with Crippen LogP contribution < -0.4 is 5.32 Å². The smallest absolute Gasteiger partial charge is 0.241 e. The molecule has 0 radical (unpaired) electrons. The molecular weight excluding hydrogens is 267 g/mol. The maximum Gasteiger partial charge on any atom is 0.241 e. The number of rotatable bonds is 6. The Morgan fingerprint density at radius 1 is 1.38 bits per heavy atom. The van der Waals surface area contributed by atoms with Gasteiger partial charge >= 0.3 is 0 Å². The van der Waals surface area contributed by atoms with Crippen LogP contribution in [0, 0.1) is 11.7 Å². The van der Waals surface area contributed by atoms with Crippen LogP contribution in [0.1, 0.15) is 50.8 Å². The van der Waals surface area contributed by atoms with Gasteiger partial charge in [0.15, 0.2) is 0 Å². The van der Waals surface area contributed by atoms with Crippen LogP contribution in [0.4, 0.5) is 4.39 Å². The highest BCUT2D eigenvalue weighted by Gasteiger charge is 2.41. The largest absolute Gasteiger partial charge is 0.321 e. The number of unbranched alkanes of at least 4 members (excludes halogenated alkanes) is 1. The summed E-state index contributed by atoms with van der Waals surface area (Å²) in [6, 6.07) is 6.48. The van der Waals surface area contributed by atoms with E-state index in [4.69, 9.17) is 0 Å². The van der Waals surface area contributed by atoms with Crippen LogP contribution in [0.25, 0.3) is 0 Å². The average molecular weight is 290 g/mol. The van der Waals surface area contributed by atoms with Gasteiger partial charge in [-0.25, -0.2) is 4.39 Å². The second kappa shape index (κ2) is 6.14. The van der Waals surface area contributed by atoms with E-state index in [-0.39, 0.29) is 23.9 Å². The number of nitrogens with one attached hydrogen (secondary N) is 1. The summed E-state index contributed by atoms with van der Waals surface area (Å²) in [5.74, 6) is 0.575. The molecule has 1 N–H and O–H groups in total. The molecule has 1 aliphatic carbocycles. The molecule has 1 amide bonds. The third-order valence-corrected chi connectivity index (χ3v) is 4.41. The van der Waals surface area contributed by atoms with E-state index in [9.17, 15) is 9.18 Å². The number of benzene rings is 1. The number of hydrogen-bond donors (Lipinski definition) is 1. The zero-order valence-corrected chi connectivity index (χ0v) is 12.5. The Morgan fingerprint density at radius 3 is 2.86 bits per heavy atom. The van der Waals surface area contributed by atoms with Gasteiger partial charge in [-0.1, -0.05) is 31.9 Å². The van der Waals surface area contributed by atoms with Gasteiger partial charge in [0.2, 0.25) is 5.91 Å². The van der Waals surface area contributed by atoms with E-state index < -0.39 is 0 Å². The van der Waals surface area contributed by atoms with Crippen LogP contribution >= 0.6 is 0 Å². The van der Waals surface area contributed by atoms with Gasteiger partial charge in [0, 0.05) is 6.54 Å². The van der Waals surface area contributed by atoms with Crippen molar-refractivity contribution in [1.29, 1.82) is 0 Å². The summed E-state index contributed by atoms with van der Waals surface area (Å²) >= 11 is 0. The fraction of sp³-hybridized carbons (Fsp3) is 0.588. The first-order chi connectivity index (χ1) is 10.2. The van der Waals surface area contributed by atoms with E-state index >= 15 is 0 Å². The van der Waals surface area contributed by atoms with Crippen molar-refractivity contribution in [2.45, 2.75) is 51.2 Å². The number of hydrogen-bond acceptors (Lipinski definition) is 2. The molecule has 114 valence electrons. The Balaban J connectivity index is 1.79. The molecule has 3 rings (SSSR count). The fourth-order valence-corrected chi connectivity index (χ4v) is 3.02. The highest BCUT2D eigenvalue weighted by molar-refractivity contribution is 5.84. The molecule has 0 aromatic heterocycles. The summed E-state index contributed by atoms with van der Waals surface area (Å²) in [7, 11) is 0. The molecule has 4 heteroatoms. The quantitative estimate of drug-likeness (QED) is 0.872. The maximum atomic E-state index is 13.5. The summed E-state index contributed by atoms with van der Waals surface area (Å²) in [6.07, 6.45) is 5.23. The topological polar surface area (TPSA) is 32.3 Å². The Bertz CT molecular complexity index is 515. The predicted molar refractivity (Wildman–Crippen MR) is 80.0 cm³/mol. The molecule has 1 aromatic carbocycles.